The number of likely N-dealkylation sites (N-methyl/N-ethyl adjacent to an activating group) is 1. The number of carbonyl (C=O) groups excluding carboxylic acids is 1. The number of nitrogens with zero attached hydrogens (tertiary/aromatic N) is 1. The van der Waals surface area contributed by atoms with Gasteiger partial charge in [-0.3, -0.25) is 4.79 Å². The third kappa shape index (κ3) is 4.35. The first kappa shape index (κ1) is 15.7. The van der Waals surface area contributed by atoms with Crippen molar-refractivity contribution in [3.05, 3.63) is 28.8 Å². The molecule has 0 fully saturated rings. The maximum absolute atomic E-state index is 11.5. The average Bonchev–Trinajstić information content (AvgIpc) is 2.37. The Morgan fingerprint density at radius 2 is 1.79 bits per heavy atom. The first-order valence-corrected chi connectivity index (χ1v) is 6.96. The van der Waals surface area contributed by atoms with Gasteiger partial charge >= 0.3 is 0 Å². The molecule has 0 heterocycles. The van der Waals surface area contributed by atoms with Crippen LogP contribution < -0.4 is 4.74 Å². The number of ketones is 1. The minimum atomic E-state index is 0.107. The molecule has 0 atom stereocenters. The molecule has 0 bridgehead atoms. The molecule has 0 aliphatic carbocycles. The van der Waals surface area contributed by atoms with Crippen LogP contribution in [0.2, 0.25) is 0 Å². The Morgan fingerprint density at radius 1 is 1.16 bits per heavy atom. The van der Waals surface area contributed by atoms with Crippen LogP contribution in [0.25, 0.3) is 0 Å². The molecular formula is C16H25NO2. The zero-order valence-corrected chi connectivity index (χ0v) is 12.7. The summed E-state index contributed by atoms with van der Waals surface area (Å²) >= 11 is 0. The summed E-state index contributed by atoms with van der Waals surface area (Å²) in [5, 5.41) is 0. The van der Waals surface area contributed by atoms with Gasteiger partial charge < -0.3 is 9.64 Å². The van der Waals surface area contributed by atoms with Crippen molar-refractivity contribution < 1.29 is 9.53 Å². The van der Waals surface area contributed by atoms with Gasteiger partial charge in [-0.25, -0.2) is 0 Å². The second-order valence-electron chi connectivity index (χ2n) is 4.86. The molecule has 19 heavy (non-hydrogen) atoms. The van der Waals surface area contributed by atoms with Crippen LogP contribution in [0.4, 0.5) is 0 Å². The molecule has 3 heteroatoms. The van der Waals surface area contributed by atoms with Crippen LogP contribution in [0.5, 0.6) is 5.75 Å². The Morgan fingerprint density at radius 3 is 2.32 bits per heavy atom. The second-order valence-corrected chi connectivity index (χ2v) is 4.86. The molecule has 1 aromatic rings. The normalized spacial score (nSPS) is 10.8. The van der Waals surface area contributed by atoms with Crippen molar-refractivity contribution >= 4 is 5.78 Å². The molecule has 1 aromatic carbocycles. The number of carbonyl (C=O) groups is 1. The van der Waals surface area contributed by atoms with E-state index in [0.717, 1.165) is 42.1 Å². The summed E-state index contributed by atoms with van der Waals surface area (Å²) in [6.07, 6.45) is 0. The van der Waals surface area contributed by atoms with Crippen LogP contribution in [0.1, 0.15) is 42.3 Å². The van der Waals surface area contributed by atoms with Crippen LogP contribution in [-0.2, 0) is 0 Å². The third-order valence-electron chi connectivity index (χ3n) is 3.46. The van der Waals surface area contributed by atoms with Gasteiger partial charge in [0.2, 0.25) is 0 Å². The maximum Gasteiger partial charge on any atom is 0.160 e. The number of benzene rings is 1. The largest absolute Gasteiger partial charge is 0.492 e. The van der Waals surface area contributed by atoms with E-state index in [1.54, 1.807) is 6.92 Å². The summed E-state index contributed by atoms with van der Waals surface area (Å²) in [4.78, 5) is 13.8. The van der Waals surface area contributed by atoms with E-state index in [2.05, 4.69) is 18.7 Å². The predicted octanol–water partition coefficient (Wildman–Crippen LogP) is 3.23. The fourth-order valence-electron chi connectivity index (χ4n) is 2.15. The molecule has 0 amide bonds. The number of Topliss-reactive ketones (excluding diaryl/α,β-unsaturated/α-hetero) is 1. The van der Waals surface area contributed by atoms with Gasteiger partial charge in [0.05, 0.1) is 0 Å². The number of rotatable bonds is 7. The summed E-state index contributed by atoms with van der Waals surface area (Å²) in [6, 6.07) is 3.89. The van der Waals surface area contributed by atoms with Crippen LogP contribution in [0, 0.1) is 13.8 Å². The molecule has 106 valence electrons. The van der Waals surface area contributed by atoms with Crippen molar-refractivity contribution in [1.82, 2.24) is 4.90 Å². The van der Waals surface area contributed by atoms with Crippen LogP contribution in [-0.4, -0.2) is 36.9 Å². The maximum atomic E-state index is 11.5. The monoisotopic (exact) mass is 263 g/mol. The van der Waals surface area contributed by atoms with Gasteiger partial charge in [0.15, 0.2) is 5.78 Å². The lowest BCUT2D eigenvalue weighted by Gasteiger charge is -2.19. The molecule has 0 spiro atoms. The molecule has 0 aliphatic heterocycles. The van der Waals surface area contributed by atoms with Crippen molar-refractivity contribution in [2.24, 2.45) is 0 Å². The first-order valence-electron chi connectivity index (χ1n) is 6.96. The van der Waals surface area contributed by atoms with E-state index >= 15 is 0 Å². The molecular weight excluding hydrogens is 238 g/mol. The van der Waals surface area contributed by atoms with Crippen LogP contribution in [0.3, 0.4) is 0 Å². The average molecular weight is 263 g/mol. The van der Waals surface area contributed by atoms with Gasteiger partial charge in [0.25, 0.3) is 0 Å². The lowest BCUT2D eigenvalue weighted by molar-refractivity contribution is 0.101. The zero-order chi connectivity index (χ0) is 14.4. The van der Waals surface area contributed by atoms with Gasteiger partial charge in [0.1, 0.15) is 12.4 Å². The van der Waals surface area contributed by atoms with E-state index in [0.29, 0.717) is 6.61 Å². The molecule has 0 unspecified atom stereocenters. The Balaban J connectivity index is 2.69. The fourth-order valence-corrected chi connectivity index (χ4v) is 2.15. The molecule has 0 radical (unpaired) electrons. The van der Waals surface area contributed by atoms with Gasteiger partial charge in [-0.05, 0) is 57.1 Å². The van der Waals surface area contributed by atoms with E-state index in [1.165, 1.54) is 0 Å². The summed E-state index contributed by atoms with van der Waals surface area (Å²) in [7, 11) is 0. The fraction of sp³-hybridized carbons (Fsp3) is 0.562. The van der Waals surface area contributed by atoms with E-state index in [-0.39, 0.29) is 5.78 Å². The minimum absolute atomic E-state index is 0.107. The third-order valence-corrected chi connectivity index (χ3v) is 3.46. The lowest BCUT2D eigenvalue weighted by Crippen LogP contribution is -2.28. The van der Waals surface area contributed by atoms with E-state index in [1.807, 2.05) is 26.0 Å². The van der Waals surface area contributed by atoms with Crippen molar-refractivity contribution in [3.8, 4) is 5.75 Å². The lowest BCUT2D eigenvalue weighted by atomic mass is 10.0. The van der Waals surface area contributed by atoms with Crippen molar-refractivity contribution in [3.63, 3.8) is 0 Å². The van der Waals surface area contributed by atoms with Gasteiger partial charge in [-0.1, -0.05) is 13.8 Å². The molecule has 0 N–H and O–H groups in total. The predicted molar refractivity (Wildman–Crippen MR) is 79.2 cm³/mol. The van der Waals surface area contributed by atoms with Gasteiger partial charge in [0, 0.05) is 12.1 Å². The molecule has 0 aromatic heterocycles. The Hall–Kier alpha value is -1.35. The number of hydrogen-bond donors (Lipinski definition) is 0. The highest BCUT2D eigenvalue weighted by Gasteiger charge is 2.09. The highest BCUT2D eigenvalue weighted by molar-refractivity contribution is 5.95. The molecule has 0 saturated carbocycles. The summed E-state index contributed by atoms with van der Waals surface area (Å²) in [5.74, 6) is 0.991. The van der Waals surface area contributed by atoms with E-state index in [4.69, 9.17) is 4.74 Å². The summed E-state index contributed by atoms with van der Waals surface area (Å²) in [6.45, 7) is 13.5. The molecule has 1 rings (SSSR count). The van der Waals surface area contributed by atoms with Crippen molar-refractivity contribution in [1.29, 1.82) is 0 Å². The SMILES string of the molecule is CCN(CC)CCOc1cc(C)c(C(C)=O)cc1C. The Labute approximate surface area is 116 Å². The number of aryl methyl sites for hydroxylation is 2. The quantitative estimate of drug-likeness (QED) is 0.707. The zero-order valence-electron chi connectivity index (χ0n) is 12.7. The summed E-state index contributed by atoms with van der Waals surface area (Å²) < 4.78 is 5.83. The number of hydrogen-bond acceptors (Lipinski definition) is 3. The van der Waals surface area contributed by atoms with Gasteiger partial charge in [-0.2, -0.15) is 0 Å². The van der Waals surface area contributed by atoms with Crippen LogP contribution >= 0.6 is 0 Å². The Kier molecular flexibility index (Phi) is 6.03. The van der Waals surface area contributed by atoms with E-state index < -0.39 is 0 Å². The molecule has 0 aliphatic rings. The van der Waals surface area contributed by atoms with Crippen LogP contribution in [0.15, 0.2) is 12.1 Å². The minimum Gasteiger partial charge on any atom is -0.492 e. The standard InChI is InChI=1S/C16H25NO2/c1-6-17(7-2)8-9-19-16-11-12(3)15(14(5)18)10-13(16)4/h10-11H,6-9H2,1-5H3. The first-order chi connectivity index (χ1) is 8.99. The molecule has 3 nitrogen and oxygen atoms in total. The van der Waals surface area contributed by atoms with E-state index in [9.17, 15) is 4.79 Å². The summed E-state index contributed by atoms with van der Waals surface area (Å²) in [5.41, 5.74) is 2.79. The van der Waals surface area contributed by atoms with Crippen molar-refractivity contribution in [2.75, 3.05) is 26.2 Å². The smallest absolute Gasteiger partial charge is 0.160 e. The second kappa shape index (κ2) is 7.29. The molecule has 0 saturated heterocycles. The highest BCUT2D eigenvalue weighted by Crippen LogP contribution is 2.23. The highest BCUT2D eigenvalue weighted by atomic mass is 16.5. The van der Waals surface area contributed by atoms with Gasteiger partial charge in [-0.15, -0.1) is 0 Å². The topological polar surface area (TPSA) is 29.5 Å². The van der Waals surface area contributed by atoms with Crippen molar-refractivity contribution in [2.45, 2.75) is 34.6 Å². The Bertz CT molecular complexity index is 437. The number of ether oxygens (including phenoxy) is 1.